The maximum absolute atomic E-state index is 11.9. The van der Waals surface area contributed by atoms with Crippen LogP contribution in [0, 0.1) is 17.8 Å². The average molecular weight is 241 g/mol. The molecule has 1 saturated heterocycles. The van der Waals surface area contributed by atoms with Crippen LogP contribution in [-0.2, 0) is 14.3 Å². The molecule has 17 heavy (non-hydrogen) atoms. The van der Waals surface area contributed by atoms with Gasteiger partial charge in [-0.2, -0.15) is 0 Å². The highest BCUT2D eigenvalue weighted by atomic mass is 16.5. The lowest BCUT2D eigenvalue weighted by atomic mass is 9.92. The number of nitrogens with zero attached hydrogens (tertiary/aromatic N) is 1. The molecule has 1 unspecified atom stereocenters. The van der Waals surface area contributed by atoms with Gasteiger partial charge in [-0.15, -0.1) is 0 Å². The van der Waals surface area contributed by atoms with Crippen molar-refractivity contribution in [1.29, 1.82) is 0 Å². The highest BCUT2D eigenvalue weighted by Gasteiger charge is 2.47. The van der Waals surface area contributed by atoms with Crippen LogP contribution in [0.15, 0.2) is 0 Å². The summed E-state index contributed by atoms with van der Waals surface area (Å²) in [6.45, 7) is 2.61. The second kappa shape index (κ2) is 4.64. The lowest BCUT2D eigenvalue weighted by Gasteiger charge is -2.19. The lowest BCUT2D eigenvalue weighted by molar-refractivity contribution is -0.143. The second-order valence-corrected chi connectivity index (χ2v) is 5.07. The Kier molecular flexibility index (Phi) is 3.38. The summed E-state index contributed by atoms with van der Waals surface area (Å²) in [6, 6.07) is 0. The first kappa shape index (κ1) is 12.4. The highest BCUT2D eigenvalue weighted by Crippen LogP contribution is 2.44. The first-order valence-electron chi connectivity index (χ1n) is 6.09. The van der Waals surface area contributed by atoms with Gasteiger partial charge in [-0.1, -0.05) is 0 Å². The molecule has 1 aliphatic carbocycles. The maximum atomic E-state index is 11.9. The Morgan fingerprint density at radius 2 is 2.00 bits per heavy atom. The van der Waals surface area contributed by atoms with E-state index < -0.39 is 18.0 Å². The van der Waals surface area contributed by atoms with Gasteiger partial charge in [0, 0.05) is 20.2 Å². The summed E-state index contributed by atoms with van der Waals surface area (Å²) >= 11 is 0. The summed E-state index contributed by atoms with van der Waals surface area (Å²) in [5.74, 6) is -0.619. The van der Waals surface area contributed by atoms with Gasteiger partial charge in [0.15, 0.2) is 0 Å². The summed E-state index contributed by atoms with van der Waals surface area (Å²) in [4.78, 5) is 24.8. The summed E-state index contributed by atoms with van der Waals surface area (Å²) in [7, 11) is 1.49. The predicted octanol–water partition coefficient (Wildman–Crippen LogP) is 0.590. The molecule has 0 aromatic heterocycles. The summed E-state index contributed by atoms with van der Waals surface area (Å²) in [5.41, 5.74) is 0. The quantitative estimate of drug-likeness (QED) is 0.782. The molecule has 0 spiro atoms. The molecule has 3 atom stereocenters. The van der Waals surface area contributed by atoms with Crippen LogP contribution in [0.25, 0.3) is 0 Å². The first-order valence-corrected chi connectivity index (χ1v) is 6.09. The van der Waals surface area contributed by atoms with E-state index in [9.17, 15) is 14.7 Å². The molecule has 0 radical (unpaired) electrons. The van der Waals surface area contributed by atoms with E-state index in [0.717, 1.165) is 12.8 Å². The third-order valence-corrected chi connectivity index (χ3v) is 3.92. The number of carboxylic acid groups (broad SMARTS) is 1. The van der Waals surface area contributed by atoms with Gasteiger partial charge in [0.25, 0.3) is 5.91 Å². The van der Waals surface area contributed by atoms with Crippen molar-refractivity contribution in [2.75, 3.05) is 20.2 Å². The Morgan fingerprint density at radius 1 is 1.35 bits per heavy atom. The molecule has 5 heteroatoms. The summed E-state index contributed by atoms with van der Waals surface area (Å²) < 4.78 is 4.99. The van der Waals surface area contributed by atoms with Crippen LogP contribution in [-0.4, -0.2) is 48.2 Å². The van der Waals surface area contributed by atoms with Crippen molar-refractivity contribution in [1.82, 2.24) is 4.90 Å². The van der Waals surface area contributed by atoms with Gasteiger partial charge in [-0.3, -0.25) is 9.59 Å². The van der Waals surface area contributed by atoms with Gasteiger partial charge in [0.1, 0.15) is 6.10 Å². The van der Waals surface area contributed by atoms with Crippen LogP contribution in [0.1, 0.15) is 19.8 Å². The van der Waals surface area contributed by atoms with Gasteiger partial charge in [-0.25, -0.2) is 0 Å². The molecular weight excluding hydrogens is 222 g/mol. The van der Waals surface area contributed by atoms with Gasteiger partial charge in [0.2, 0.25) is 0 Å². The van der Waals surface area contributed by atoms with E-state index >= 15 is 0 Å². The Morgan fingerprint density at radius 3 is 2.47 bits per heavy atom. The largest absolute Gasteiger partial charge is 0.481 e. The number of hydrogen-bond acceptors (Lipinski definition) is 3. The molecule has 1 aliphatic heterocycles. The number of rotatable bonds is 4. The number of hydrogen-bond donors (Lipinski definition) is 1. The fourth-order valence-electron chi connectivity index (χ4n) is 2.63. The van der Waals surface area contributed by atoms with Crippen molar-refractivity contribution >= 4 is 11.9 Å². The average Bonchev–Trinajstić information content (AvgIpc) is 3.05. The van der Waals surface area contributed by atoms with Gasteiger partial charge >= 0.3 is 5.97 Å². The van der Waals surface area contributed by atoms with Crippen LogP contribution in [0.2, 0.25) is 0 Å². The highest BCUT2D eigenvalue weighted by molar-refractivity contribution is 5.82. The number of carbonyl (C=O) groups excluding carboxylic acids is 1. The van der Waals surface area contributed by atoms with Crippen molar-refractivity contribution in [3.63, 3.8) is 0 Å². The van der Waals surface area contributed by atoms with E-state index in [-0.39, 0.29) is 11.8 Å². The molecular formula is C12H19NO4. The number of carbonyl (C=O) groups is 2. The minimum absolute atomic E-state index is 0.0955. The molecule has 2 aliphatic rings. The third kappa shape index (κ3) is 2.44. The van der Waals surface area contributed by atoms with Crippen molar-refractivity contribution in [3.05, 3.63) is 0 Å². The Balaban J connectivity index is 2.03. The van der Waals surface area contributed by atoms with E-state index in [2.05, 4.69) is 0 Å². The predicted molar refractivity (Wildman–Crippen MR) is 60.4 cm³/mol. The molecule has 2 rings (SSSR count). The third-order valence-electron chi connectivity index (χ3n) is 3.92. The SMILES string of the molecule is COC(C)C(=O)N1C[C@H](C(=O)O)[C@@H](C2CC2)C1. The zero-order valence-corrected chi connectivity index (χ0v) is 10.3. The van der Waals surface area contributed by atoms with E-state index in [0.29, 0.717) is 19.0 Å². The van der Waals surface area contributed by atoms with E-state index in [1.807, 2.05) is 0 Å². The molecule has 0 aromatic carbocycles. The van der Waals surface area contributed by atoms with E-state index in [1.54, 1.807) is 11.8 Å². The normalized spacial score (nSPS) is 30.4. The Hall–Kier alpha value is -1.10. The fourth-order valence-corrected chi connectivity index (χ4v) is 2.63. The maximum Gasteiger partial charge on any atom is 0.308 e. The molecule has 1 saturated carbocycles. The van der Waals surface area contributed by atoms with Crippen LogP contribution < -0.4 is 0 Å². The number of aliphatic carboxylic acids is 1. The fraction of sp³-hybridized carbons (Fsp3) is 0.833. The molecule has 0 aromatic rings. The summed E-state index contributed by atoms with van der Waals surface area (Å²) in [6.07, 6.45) is 1.73. The zero-order valence-electron chi connectivity index (χ0n) is 10.3. The molecule has 1 N–H and O–H groups in total. The monoisotopic (exact) mass is 241 g/mol. The standard InChI is InChI=1S/C12H19NO4/c1-7(17-2)11(14)13-5-9(8-3-4-8)10(6-13)12(15)16/h7-10H,3-6H2,1-2H3,(H,15,16)/t7?,9-,10+/m1/s1. The minimum Gasteiger partial charge on any atom is -0.481 e. The molecule has 1 heterocycles. The number of likely N-dealkylation sites (tertiary alicyclic amines) is 1. The smallest absolute Gasteiger partial charge is 0.308 e. The van der Waals surface area contributed by atoms with Gasteiger partial charge < -0.3 is 14.7 Å². The summed E-state index contributed by atoms with van der Waals surface area (Å²) in [5, 5.41) is 9.19. The second-order valence-electron chi connectivity index (χ2n) is 5.07. The number of carboxylic acids is 1. The number of ether oxygens (including phenoxy) is 1. The molecule has 5 nitrogen and oxygen atoms in total. The van der Waals surface area contributed by atoms with Crippen LogP contribution >= 0.6 is 0 Å². The molecule has 0 bridgehead atoms. The van der Waals surface area contributed by atoms with Gasteiger partial charge in [0.05, 0.1) is 5.92 Å². The van der Waals surface area contributed by atoms with Crippen LogP contribution in [0.5, 0.6) is 0 Å². The molecule has 96 valence electrons. The van der Waals surface area contributed by atoms with Crippen molar-refractivity contribution < 1.29 is 19.4 Å². The van der Waals surface area contributed by atoms with Crippen molar-refractivity contribution in [3.8, 4) is 0 Å². The number of amides is 1. The van der Waals surface area contributed by atoms with Crippen LogP contribution in [0.4, 0.5) is 0 Å². The van der Waals surface area contributed by atoms with Crippen molar-refractivity contribution in [2.24, 2.45) is 17.8 Å². The first-order chi connectivity index (χ1) is 8.04. The van der Waals surface area contributed by atoms with E-state index in [1.165, 1.54) is 7.11 Å². The Bertz CT molecular complexity index is 326. The lowest BCUT2D eigenvalue weighted by Crippen LogP contribution is -2.37. The van der Waals surface area contributed by atoms with Crippen molar-refractivity contribution in [2.45, 2.75) is 25.9 Å². The minimum atomic E-state index is -0.776. The zero-order chi connectivity index (χ0) is 12.6. The topological polar surface area (TPSA) is 66.8 Å². The molecule has 2 fully saturated rings. The van der Waals surface area contributed by atoms with E-state index in [4.69, 9.17) is 4.74 Å². The molecule has 1 amide bonds. The van der Waals surface area contributed by atoms with Gasteiger partial charge in [-0.05, 0) is 31.6 Å². The van der Waals surface area contributed by atoms with Crippen LogP contribution in [0.3, 0.4) is 0 Å². The Labute approximate surface area is 101 Å². The number of methoxy groups -OCH3 is 1.